The topological polar surface area (TPSA) is 61.5 Å². The van der Waals surface area contributed by atoms with E-state index in [4.69, 9.17) is 15.2 Å². The first-order chi connectivity index (χ1) is 7.56. The summed E-state index contributed by atoms with van der Waals surface area (Å²) in [5.74, 6) is 0.176. The van der Waals surface area contributed by atoms with Crippen molar-refractivity contribution in [1.82, 2.24) is 0 Å². The second-order valence-corrected chi connectivity index (χ2v) is 4.41. The highest BCUT2D eigenvalue weighted by Gasteiger charge is 2.28. The second-order valence-electron chi connectivity index (χ2n) is 4.41. The molecule has 1 rings (SSSR count). The Morgan fingerprint density at radius 2 is 2.25 bits per heavy atom. The van der Waals surface area contributed by atoms with Gasteiger partial charge in [0.15, 0.2) is 0 Å². The van der Waals surface area contributed by atoms with Crippen LogP contribution in [0.3, 0.4) is 0 Å². The quantitative estimate of drug-likeness (QED) is 0.725. The lowest BCUT2D eigenvalue weighted by Gasteiger charge is -2.14. The summed E-state index contributed by atoms with van der Waals surface area (Å²) < 4.78 is 10.6. The number of hydrogen-bond donors (Lipinski definition) is 1. The maximum absolute atomic E-state index is 11.5. The molecule has 0 aromatic carbocycles. The van der Waals surface area contributed by atoms with Gasteiger partial charge in [0.1, 0.15) is 0 Å². The van der Waals surface area contributed by atoms with E-state index in [1.807, 2.05) is 0 Å². The molecule has 2 N–H and O–H groups in total. The molecule has 16 heavy (non-hydrogen) atoms. The fourth-order valence-corrected chi connectivity index (χ4v) is 1.69. The number of esters is 1. The number of carbonyl (C=O) groups excluding carboxylic acids is 1. The van der Waals surface area contributed by atoms with Crippen LogP contribution in [-0.2, 0) is 14.3 Å². The van der Waals surface area contributed by atoms with Crippen LogP contribution in [0.1, 0.15) is 33.6 Å². The molecule has 4 heteroatoms. The second kappa shape index (κ2) is 5.89. The van der Waals surface area contributed by atoms with Gasteiger partial charge < -0.3 is 15.2 Å². The molecular weight excluding hydrogens is 206 g/mol. The van der Waals surface area contributed by atoms with Gasteiger partial charge in [-0.05, 0) is 25.7 Å². The minimum atomic E-state index is -0.296. The van der Waals surface area contributed by atoms with E-state index in [0.29, 0.717) is 36.8 Å². The summed E-state index contributed by atoms with van der Waals surface area (Å²) in [6, 6.07) is 0. The highest BCUT2D eigenvalue weighted by Crippen LogP contribution is 2.26. The highest BCUT2D eigenvalue weighted by molar-refractivity contribution is 5.90. The van der Waals surface area contributed by atoms with E-state index in [1.54, 1.807) is 6.92 Å². The van der Waals surface area contributed by atoms with Gasteiger partial charge in [0.2, 0.25) is 0 Å². The first kappa shape index (κ1) is 13.0. The van der Waals surface area contributed by atoms with Crippen molar-refractivity contribution in [2.75, 3.05) is 13.2 Å². The Labute approximate surface area is 96.8 Å². The summed E-state index contributed by atoms with van der Waals surface area (Å²) in [7, 11) is 0. The smallest absolute Gasteiger partial charge is 0.335 e. The number of ether oxygens (including phenoxy) is 2. The zero-order valence-electron chi connectivity index (χ0n) is 10.3. The molecule has 1 aliphatic carbocycles. The Hall–Kier alpha value is -1.03. The largest absolute Gasteiger partial charge is 0.463 e. The third-order valence-electron chi connectivity index (χ3n) is 2.50. The Balaban J connectivity index is 2.56. The molecule has 0 saturated heterocycles. The first-order valence-electron chi connectivity index (χ1n) is 5.83. The Morgan fingerprint density at radius 3 is 2.81 bits per heavy atom. The van der Waals surface area contributed by atoms with Crippen LogP contribution in [0.2, 0.25) is 0 Å². The van der Waals surface area contributed by atoms with Gasteiger partial charge in [-0.2, -0.15) is 0 Å². The highest BCUT2D eigenvalue weighted by atomic mass is 16.5. The summed E-state index contributed by atoms with van der Waals surface area (Å²) in [4.78, 5) is 11.5. The van der Waals surface area contributed by atoms with Crippen molar-refractivity contribution in [3.05, 3.63) is 11.3 Å². The van der Waals surface area contributed by atoms with E-state index >= 15 is 0 Å². The van der Waals surface area contributed by atoms with Crippen molar-refractivity contribution >= 4 is 5.97 Å². The molecule has 1 atom stereocenters. The number of carbonyl (C=O) groups is 1. The van der Waals surface area contributed by atoms with Crippen molar-refractivity contribution in [3.8, 4) is 0 Å². The molecule has 1 unspecified atom stereocenters. The van der Waals surface area contributed by atoms with Crippen molar-refractivity contribution in [3.63, 3.8) is 0 Å². The van der Waals surface area contributed by atoms with E-state index < -0.39 is 0 Å². The normalized spacial score (nSPS) is 20.6. The molecule has 1 aliphatic rings. The van der Waals surface area contributed by atoms with E-state index in [2.05, 4.69) is 13.8 Å². The van der Waals surface area contributed by atoms with Gasteiger partial charge in [-0.3, -0.25) is 0 Å². The third kappa shape index (κ3) is 3.23. The van der Waals surface area contributed by atoms with Gasteiger partial charge in [-0.1, -0.05) is 13.8 Å². The van der Waals surface area contributed by atoms with E-state index in [1.165, 1.54) is 0 Å². The predicted octanol–water partition coefficient (Wildman–Crippen LogP) is 1.60. The van der Waals surface area contributed by atoms with Crippen molar-refractivity contribution in [2.45, 2.75) is 39.7 Å². The van der Waals surface area contributed by atoms with E-state index in [-0.39, 0.29) is 12.1 Å². The van der Waals surface area contributed by atoms with Gasteiger partial charge in [0.25, 0.3) is 0 Å². The molecule has 0 amide bonds. The van der Waals surface area contributed by atoms with Crippen LogP contribution in [0.25, 0.3) is 0 Å². The lowest BCUT2D eigenvalue weighted by Crippen LogP contribution is -2.21. The van der Waals surface area contributed by atoms with Gasteiger partial charge in [0, 0.05) is 12.3 Å². The van der Waals surface area contributed by atoms with Gasteiger partial charge in [-0.15, -0.1) is 0 Å². The summed E-state index contributed by atoms with van der Waals surface area (Å²) in [5, 5.41) is 0. The fourth-order valence-electron chi connectivity index (χ4n) is 1.69. The molecule has 0 heterocycles. The zero-order valence-corrected chi connectivity index (χ0v) is 10.3. The average Bonchev–Trinajstić information content (AvgIpc) is 2.57. The van der Waals surface area contributed by atoms with Crippen molar-refractivity contribution in [1.29, 1.82) is 0 Å². The van der Waals surface area contributed by atoms with Crippen molar-refractivity contribution < 1.29 is 14.3 Å². The van der Waals surface area contributed by atoms with Crippen LogP contribution in [-0.4, -0.2) is 25.3 Å². The molecule has 0 bridgehead atoms. The SMILES string of the molecule is CCOC(=O)C1=C(N)C(OCC(C)C)CC1. The first-order valence-corrected chi connectivity index (χ1v) is 5.83. The molecule has 4 nitrogen and oxygen atoms in total. The van der Waals surface area contributed by atoms with E-state index in [9.17, 15) is 4.79 Å². The molecule has 0 fully saturated rings. The molecular formula is C12H21NO3. The minimum absolute atomic E-state index is 0.109. The average molecular weight is 227 g/mol. The number of nitrogens with two attached hydrogens (primary N) is 1. The van der Waals surface area contributed by atoms with Crippen LogP contribution in [0, 0.1) is 5.92 Å². The molecule has 0 spiro atoms. The number of hydrogen-bond acceptors (Lipinski definition) is 4. The Morgan fingerprint density at radius 1 is 1.56 bits per heavy atom. The molecule has 0 radical (unpaired) electrons. The molecule has 92 valence electrons. The number of rotatable bonds is 5. The summed E-state index contributed by atoms with van der Waals surface area (Å²) in [5.41, 5.74) is 7.04. The summed E-state index contributed by atoms with van der Waals surface area (Å²) in [6.45, 7) is 7.01. The van der Waals surface area contributed by atoms with Gasteiger partial charge in [-0.25, -0.2) is 4.79 Å². The van der Waals surface area contributed by atoms with Crippen LogP contribution < -0.4 is 5.73 Å². The maximum Gasteiger partial charge on any atom is 0.335 e. The van der Waals surface area contributed by atoms with E-state index in [0.717, 1.165) is 6.42 Å². The Bertz CT molecular complexity index is 284. The fraction of sp³-hybridized carbons (Fsp3) is 0.750. The monoisotopic (exact) mass is 227 g/mol. The van der Waals surface area contributed by atoms with Crippen molar-refractivity contribution in [2.24, 2.45) is 11.7 Å². The third-order valence-corrected chi connectivity index (χ3v) is 2.50. The minimum Gasteiger partial charge on any atom is -0.463 e. The lowest BCUT2D eigenvalue weighted by atomic mass is 10.2. The van der Waals surface area contributed by atoms with Gasteiger partial charge in [0.05, 0.1) is 18.3 Å². The van der Waals surface area contributed by atoms with Crippen LogP contribution in [0.4, 0.5) is 0 Å². The Kier molecular flexibility index (Phi) is 4.80. The summed E-state index contributed by atoms with van der Waals surface area (Å²) in [6.07, 6.45) is 1.34. The molecule has 0 aromatic rings. The standard InChI is InChI=1S/C12H21NO3/c1-4-15-12(14)9-5-6-10(11(9)13)16-7-8(2)3/h8,10H,4-7,13H2,1-3H3. The molecule has 0 aliphatic heterocycles. The van der Waals surface area contributed by atoms with Gasteiger partial charge >= 0.3 is 5.97 Å². The predicted molar refractivity (Wildman–Crippen MR) is 61.7 cm³/mol. The zero-order chi connectivity index (χ0) is 12.1. The summed E-state index contributed by atoms with van der Waals surface area (Å²) >= 11 is 0. The van der Waals surface area contributed by atoms with Crippen LogP contribution >= 0.6 is 0 Å². The maximum atomic E-state index is 11.5. The molecule has 0 aromatic heterocycles. The van der Waals surface area contributed by atoms with Crippen LogP contribution in [0.5, 0.6) is 0 Å². The molecule has 0 saturated carbocycles. The van der Waals surface area contributed by atoms with Crippen LogP contribution in [0.15, 0.2) is 11.3 Å². The lowest BCUT2D eigenvalue weighted by molar-refractivity contribution is -0.138.